The van der Waals surface area contributed by atoms with E-state index in [9.17, 15) is 0 Å². The van der Waals surface area contributed by atoms with Crippen molar-refractivity contribution in [3.05, 3.63) is 11.7 Å². The van der Waals surface area contributed by atoms with Crippen molar-refractivity contribution in [1.82, 2.24) is 10.1 Å². The zero-order chi connectivity index (χ0) is 13.1. The molecule has 7 nitrogen and oxygen atoms in total. The summed E-state index contributed by atoms with van der Waals surface area (Å²) in [6.45, 7) is 2.01. The zero-order valence-corrected chi connectivity index (χ0v) is 10.8. The molecule has 1 aliphatic heterocycles. The first-order valence-corrected chi connectivity index (χ1v) is 6.73. The Morgan fingerprint density at radius 1 is 1.37 bits per heavy atom. The maximum atomic E-state index is 5.98. The molecule has 0 bridgehead atoms. The quantitative estimate of drug-likeness (QED) is 0.842. The fraction of sp³-hybridized carbons (Fsp3) is 0.833. The molecular weight excluding hydrogens is 250 g/mol. The van der Waals surface area contributed by atoms with Crippen molar-refractivity contribution in [3.63, 3.8) is 0 Å². The third-order valence-electron chi connectivity index (χ3n) is 3.44. The predicted molar refractivity (Wildman–Crippen MR) is 64.3 cm³/mol. The van der Waals surface area contributed by atoms with E-state index in [1.54, 1.807) is 0 Å². The van der Waals surface area contributed by atoms with Crippen LogP contribution in [0.5, 0.6) is 0 Å². The van der Waals surface area contributed by atoms with E-state index in [0.29, 0.717) is 44.2 Å². The van der Waals surface area contributed by atoms with Crippen LogP contribution < -0.4 is 5.73 Å². The van der Waals surface area contributed by atoms with Gasteiger partial charge < -0.3 is 24.5 Å². The van der Waals surface area contributed by atoms with E-state index >= 15 is 0 Å². The third kappa shape index (κ3) is 3.11. The monoisotopic (exact) mass is 269 g/mol. The predicted octanol–water partition coefficient (Wildman–Crippen LogP) is 0.726. The van der Waals surface area contributed by atoms with E-state index in [2.05, 4.69) is 10.1 Å². The molecule has 0 amide bonds. The summed E-state index contributed by atoms with van der Waals surface area (Å²) in [6, 6.07) is -0.359. The number of hydrogen-bond acceptors (Lipinski definition) is 7. The minimum absolute atomic E-state index is 0.283. The van der Waals surface area contributed by atoms with Crippen molar-refractivity contribution in [2.24, 2.45) is 5.73 Å². The molecule has 1 saturated heterocycles. The molecule has 2 atom stereocenters. The summed E-state index contributed by atoms with van der Waals surface area (Å²) in [6.07, 6.45) is 3.56. The Morgan fingerprint density at radius 3 is 2.95 bits per heavy atom. The number of nitrogens with two attached hydrogens (primary N) is 1. The van der Waals surface area contributed by atoms with Gasteiger partial charge in [-0.25, -0.2) is 0 Å². The van der Waals surface area contributed by atoms with Crippen molar-refractivity contribution in [2.45, 2.75) is 37.5 Å². The highest BCUT2D eigenvalue weighted by molar-refractivity contribution is 4.96. The van der Waals surface area contributed by atoms with Crippen molar-refractivity contribution in [3.8, 4) is 0 Å². The Balaban J connectivity index is 1.53. The number of aromatic nitrogens is 2. The van der Waals surface area contributed by atoms with Crippen molar-refractivity contribution in [1.29, 1.82) is 0 Å². The van der Waals surface area contributed by atoms with Crippen LogP contribution in [-0.2, 0) is 14.2 Å². The summed E-state index contributed by atoms with van der Waals surface area (Å²) in [5.74, 6) is 0.886. The molecule has 0 spiro atoms. The van der Waals surface area contributed by atoms with Crippen LogP contribution in [0, 0.1) is 0 Å². The average Bonchev–Trinajstić information content (AvgIpc) is 2.87. The van der Waals surface area contributed by atoms with Crippen molar-refractivity contribution < 1.29 is 18.7 Å². The number of ether oxygens (including phenoxy) is 3. The van der Waals surface area contributed by atoms with E-state index in [4.69, 9.17) is 24.5 Å². The molecule has 1 aliphatic carbocycles. The van der Waals surface area contributed by atoms with Crippen LogP contribution in [0.3, 0.4) is 0 Å². The topological polar surface area (TPSA) is 92.6 Å². The molecule has 0 radical (unpaired) electrons. The number of rotatable bonds is 5. The van der Waals surface area contributed by atoms with Gasteiger partial charge in [-0.15, -0.1) is 0 Å². The van der Waals surface area contributed by atoms with Gasteiger partial charge in [-0.3, -0.25) is 0 Å². The Hall–Kier alpha value is -1.02. The van der Waals surface area contributed by atoms with Gasteiger partial charge in [-0.2, -0.15) is 4.98 Å². The second-order valence-corrected chi connectivity index (χ2v) is 4.92. The maximum absolute atomic E-state index is 5.98. The second-order valence-electron chi connectivity index (χ2n) is 4.92. The standard InChI is InChI=1S/C12H19N3O4/c13-9(6-18-8-2-1-3-8)11-14-12(19-15-11)10-7-16-4-5-17-10/h8-10H,1-7,13H2. The molecule has 3 rings (SSSR count). The van der Waals surface area contributed by atoms with Crippen LogP contribution in [0.1, 0.15) is 43.1 Å². The first-order chi connectivity index (χ1) is 9.33. The summed E-state index contributed by atoms with van der Waals surface area (Å²) >= 11 is 0. The number of nitrogens with zero attached hydrogens (tertiary/aromatic N) is 2. The van der Waals surface area contributed by atoms with Gasteiger partial charge in [0.15, 0.2) is 11.9 Å². The van der Waals surface area contributed by atoms with Gasteiger partial charge in [0.2, 0.25) is 0 Å². The summed E-state index contributed by atoms with van der Waals surface area (Å²) in [4.78, 5) is 4.27. The molecule has 0 aromatic carbocycles. The first-order valence-electron chi connectivity index (χ1n) is 6.73. The lowest BCUT2D eigenvalue weighted by Gasteiger charge is -2.26. The number of hydrogen-bond donors (Lipinski definition) is 1. The van der Waals surface area contributed by atoms with Crippen LogP contribution in [0.15, 0.2) is 4.52 Å². The lowest BCUT2D eigenvalue weighted by molar-refractivity contribution is -0.101. The molecule has 2 unspecified atom stereocenters. The molecule has 2 heterocycles. The lowest BCUT2D eigenvalue weighted by atomic mass is 9.96. The van der Waals surface area contributed by atoms with Crippen molar-refractivity contribution in [2.75, 3.05) is 26.4 Å². The van der Waals surface area contributed by atoms with Gasteiger partial charge in [0.05, 0.1) is 38.6 Å². The van der Waals surface area contributed by atoms with Gasteiger partial charge in [0.25, 0.3) is 5.89 Å². The third-order valence-corrected chi connectivity index (χ3v) is 3.44. The van der Waals surface area contributed by atoms with E-state index in [-0.39, 0.29) is 12.1 Å². The van der Waals surface area contributed by atoms with E-state index in [1.165, 1.54) is 6.42 Å². The van der Waals surface area contributed by atoms with Crippen LogP contribution in [0.4, 0.5) is 0 Å². The molecule has 1 saturated carbocycles. The average molecular weight is 269 g/mol. The highest BCUT2D eigenvalue weighted by atomic mass is 16.6. The van der Waals surface area contributed by atoms with Crippen LogP contribution in [0.2, 0.25) is 0 Å². The molecular formula is C12H19N3O4. The summed E-state index contributed by atoms with van der Waals surface area (Å²) < 4.78 is 21.6. The van der Waals surface area contributed by atoms with Gasteiger partial charge in [-0.1, -0.05) is 5.16 Å². The Kier molecular flexibility index (Phi) is 4.07. The lowest BCUT2D eigenvalue weighted by Crippen LogP contribution is -2.27. The fourth-order valence-electron chi connectivity index (χ4n) is 2.01. The van der Waals surface area contributed by atoms with Crippen LogP contribution in [-0.4, -0.2) is 42.7 Å². The Bertz CT molecular complexity index is 401. The van der Waals surface area contributed by atoms with Gasteiger partial charge in [-0.05, 0) is 19.3 Å². The molecule has 7 heteroatoms. The molecule has 19 heavy (non-hydrogen) atoms. The summed E-state index contributed by atoms with van der Waals surface area (Å²) in [5.41, 5.74) is 5.98. The van der Waals surface area contributed by atoms with Crippen molar-refractivity contribution >= 4 is 0 Å². The van der Waals surface area contributed by atoms with Gasteiger partial charge in [0, 0.05) is 0 Å². The van der Waals surface area contributed by atoms with Crippen LogP contribution >= 0.6 is 0 Å². The molecule has 2 fully saturated rings. The first kappa shape index (κ1) is 13.0. The molecule has 2 aliphatic rings. The minimum Gasteiger partial charge on any atom is -0.376 e. The Labute approximate surface area is 111 Å². The minimum atomic E-state index is -0.359. The SMILES string of the molecule is NC(COC1CCC1)c1noc(C2COCCO2)n1. The zero-order valence-electron chi connectivity index (χ0n) is 10.8. The summed E-state index contributed by atoms with van der Waals surface area (Å²) in [5, 5.41) is 3.89. The van der Waals surface area contributed by atoms with E-state index < -0.39 is 0 Å². The highest BCUT2D eigenvalue weighted by Gasteiger charge is 2.25. The largest absolute Gasteiger partial charge is 0.376 e. The second kappa shape index (κ2) is 5.96. The maximum Gasteiger partial charge on any atom is 0.258 e. The van der Waals surface area contributed by atoms with Crippen LogP contribution in [0.25, 0.3) is 0 Å². The van der Waals surface area contributed by atoms with Gasteiger partial charge in [0.1, 0.15) is 0 Å². The Morgan fingerprint density at radius 2 is 2.26 bits per heavy atom. The molecule has 1 aromatic heterocycles. The molecule has 1 aromatic rings. The highest BCUT2D eigenvalue weighted by Crippen LogP contribution is 2.24. The molecule has 106 valence electrons. The summed E-state index contributed by atoms with van der Waals surface area (Å²) in [7, 11) is 0. The van der Waals surface area contributed by atoms with Gasteiger partial charge >= 0.3 is 0 Å². The van der Waals surface area contributed by atoms with E-state index in [1.807, 2.05) is 0 Å². The van der Waals surface area contributed by atoms with E-state index in [0.717, 1.165) is 12.8 Å². The molecule has 2 N–H and O–H groups in total. The smallest absolute Gasteiger partial charge is 0.258 e. The normalized spacial score (nSPS) is 26.1. The fourth-order valence-corrected chi connectivity index (χ4v) is 2.01.